The van der Waals surface area contributed by atoms with Gasteiger partial charge < -0.3 is 0 Å². The highest BCUT2D eigenvalue weighted by atomic mass is 79.9. The van der Waals surface area contributed by atoms with E-state index in [2.05, 4.69) is 126 Å². The van der Waals surface area contributed by atoms with Gasteiger partial charge in [-0.3, -0.25) is 19.7 Å². The van der Waals surface area contributed by atoms with E-state index >= 15 is 0 Å². The van der Waals surface area contributed by atoms with Gasteiger partial charge in [-0.25, -0.2) is 13.8 Å². The summed E-state index contributed by atoms with van der Waals surface area (Å²) in [6, 6.07) is 7.29. The van der Waals surface area contributed by atoms with Crippen LogP contribution in [-0.2, 0) is 5.33 Å². The molecule has 0 aromatic carbocycles. The van der Waals surface area contributed by atoms with E-state index in [-0.39, 0.29) is 5.69 Å². The Balaban J connectivity index is 0.000000294. The summed E-state index contributed by atoms with van der Waals surface area (Å²) in [5.41, 5.74) is 10.4. The van der Waals surface area contributed by atoms with Gasteiger partial charge in [-0.1, -0.05) is 15.9 Å². The fraction of sp³-hybridized carbons (Fsp3) is 0.344. The summed E-state index contributed by atoms with van der Waals surface area (Å²) in [4.78, 5) is 26.8. The molecular weight excluding hydrogens is 894 g/mol. The molecule has 0 saturated carbocycles. The molecule has 0 bridgehead atoms. The minimum Gasteiger partial charge on any atom is -0.296 e. The second kappa shape index (κ2) is 19.3. The first-order valence-electron chi connectivity index (χ1n) is 13.2. The molecule has 4 heterocycles. The molecule has 0 N–H and O–H groups in total. The van der Waals surface area contributed by atoms with Crippen LogP contribution in [0.1, 0.15) is 79.0 Å². The Morgan fingerprint density at radius 3 is 1.41 bits per heavy atom. The molecule has 5 nitrogen and oxygen atoms in total. The van der Waals surface area contributed by atoms with Crippen LogP contribution in [0.25, 0.3) is 0 Å². The van der Waals surface area contributed by atoms with Gasteiger partial charge in [-0.15, -0.1) is 0 Å². The molecule has 4 aromatic rings. The molecular formula is C32H35Br5F2N4O. The first-order chi connectivity index (χ1) is 20.4. The maximum absolute atomic E-state index is 12.2. The van der Waals surface area contributed by atoms with Crippen LogP contribution in [0.4, 0.5) is 8.78 Å². The molecule has 0 atom stereocenters. The van der Waals surface area contributed by atoms with Crippen molar-refractivity contribution in [2.75, 3.05) is 0 Å². The molecule has 44 heavy (non-hydrogen) atoms. The zero-order chi connectivity index (χ0) is 33.9. The van der Waals surface area contributed by atoms with Crippen LogP contribution in [-0.4, -0.2) is 26.2 Å². The van der Waals surface area contributed by atoms with Crippen LogP contribution in [0, 0.1) is 62.3 Å². The van der Waals surface area contributed by atoms with Crippen molar-refractivity contribution in [1.29, 1.82) is 0 Å². The van der Waals surface area contributed by atoms with Gasteiger partial charge in [0.25, 0.3) is 6.43 Å². The predicted octanol–water partition coefficient (Wildman–Crippen LogP) is 11.8. The van der Waals surface area contributed by atoms with Crippen molar-refractivity contribution in [3.05, 3.63) is 110 Å². The molecule has 0 aliphatic rings. The number of alkyl halides is 3. The predicted molar refractivity (Wildman–Crippen MR) is 193 cm³/mol. The number of nitrogens with zero attached hydrogens (tertiary/aromatic N) is 4. The van der Waals surface area contributed by atoms with Crippen LogP contribution in [0.2, 0.25) is 0 Å². The van der Waals surface area contributed by atoms with Crippen molar-refractivity contribution in [1.82, 2.24) is 19.9 Å². The van der Waals surface area contributed by atoms with Crippen LogP contribution >= 0.6 is 79.6 Å². The third-order valence-corrected chi connectivity index (χ3v) is 11.3. The molecule has 4 rings (SSSR count). The monoisotopic (exact) mass is 924 g/mol. The number of aldehydes is 1. The third kappa shape index (κ3) is 12.7. The van der Waals surface area contributed by atoms with Gasteiger partial charge in [0, 0.05) is 28.9 Å². The van der Waals surface area contributed by atoms with Gasteiger partial charge in [0.05, 0.1) is 28.5 Å². The summed E-state index contributed by atoms with van der Waals surface area (Å²) in [6.45, 7) is 17.4. The molecule has 0 aliphatic carbocycles. The Labute approximate surface area is 301 Å². The zero-order valence-electron chi connectivity index (χ0n) is 26.0. The largest absolute Gasteiger partial charge is 0.296 e. The Bertz CT molecular complexity index is 1510. The van der Waals surface area contributed by atoms with E-state index in [0.29, 0.717) is 11.4 Å². The average molecular weight is 929 g/mol. The van der Waals surface area contributed by atoms with E-state index in [9.17, 15) is 13.6 Å². The van der Waals surface area contributed by atoms with Crippen LogP contribution in [0.3, 0.4) is 0 Å². The van der Waals surface area contributed by atoms with Crippen LogP contribution in [0.15, 0.2) is 42.2 Å². The molecule has 0 amide bonds. The molecule has 4 aromatic heterocycles. The highest BCUT2D eigenvalue weighted by Crippen LogP contribution is 2.25. The Kier molecular flexibility index (Phi) is 17.7. The highest BCUT2D eigenvalue weighted by molar-refractivity contribution is 9.11. The first kappa shape index (κ1) is 40.6. The minimum atomic E-state index is -2.49. The Morgan fingerprint density at radius 1 is 0.614 bits per heavy atom. The first-order valence-corrected chi connectivity index (χ1v) is 17.5. The lowest BCUT2D eigenvalue weighted by Gasteiger charge is -2.05. The van der Waals surface area contributed by atoms with Crippen molar-refractivity contribution in [3.8, 4) is 0 Å². The van der Waals surface area contributed by atoms with Gasteiger partial charge in [-0.05, 0) is 173 Å². The summed E-state index contributed by atoms with van der Waals surface area (Å²) >= 11 is 16.9. The minimum absolute atomic E-state index is 0.159. The molecule has 0 fully saturated rings. The summed E-state index contributed by atoms with van der Waals surface area (Å²) < 4.78 is 28.4. The molecule has 0 aliphatic heterocycles. The summed E-state index contributed by atoms with van der Waals surface area (Å²) in [7, 11) is 0. The van der Waals surface area contributed by atoms with Crippen LogP contribution < -0.4 is 0 Å². The van der Waals surface area contributed by atoms with Crippen molar-refractivity contribution < 1.29 is 13.6 Å². The molecule has 0 saturated heterocycles. The van der Waals surface area contributed by atoms with Crippen LogP contribution in [0.5, 0.6) is 0 Å². The standard InChI is InChI=1S/C8H9Br2N.C8H8BrF2N.C8H8BrNO.C8H10BrN/c1-5-3-7(4-9)11-6(2)8(5)10;1-4-3-6(8(10)11)12-5(2)7(4)9;1-5-3-7(4-11)10-6(2)8(5)9;1-5-4-6(2)10-7(3)8(5)9/h3H,4H2,1-2H3;3,8H,1-2H3;3-4H,1-2H3;4H,1-3H3. The molecule has 0 radical (unpaired) electrons. The van der Waals surface area contributed by atoms with Gasteiger partial charge in [0.1, 0.15) is 11.4 Å². The van der Waals surface area contributed by atoms with Crippen molar-refractivity contribution in [2.24, 2.45) is 0 Å². The lowest BCUT2D eigenvalue weighted by molar-refractivity contribution is 0.111. The molecule has 0 spiro atoms. The number of carbonyl (C=O) groups is 1. The van der Waals surface area contributed by atoms with Crippen molar-refractivity contribution in [3.63, 3.8) is 0 Å². The number of rotatable bonds is 3. The van der Waals surface area contributed by atoms with Gasteiger partial charge in [-0.2, -0.15) is 0 Å². The quantitative estimate of drug-likeness (QED) is 0.151. The number of halogens is 7. The van der Waals surface area contributed by atoms with E-state index in [0.717, 1.165) is 69.1 Å². The van der Waals surface area contributed by atoms with Gasteiger partial charge in [0.2, 0.25) is 0 Å². The van der Waals surface area contributed by atoms with Gasteiger partial charge >= 0.3 is 0 Å². The van der Waals surface area contributed by atoms with E-state index in [1.807, 2.05) is 34.6 Å². The fourth-order valence-corrected chi connectivity index (χ4v) is 4.93. The smallest absolute Gasteiger partial charge is 0.280 e. The second-order valence-corrected chi connectivity index (χ2v) is 13.6. The van der Waals surface area contributed by atoms with Crippen molar-refractivity contribution in [2.45, 2.75) is 74.1 Å². The summed E-state index contributed by atoms with van der Waals surface area (Å²) in [6.07, 6.45) is -1.73. The number of pyridine rings is 4. The molecule has 0 unspecified atom stereocenters. The topological polar surface area (TPSA) is 68.6 Å². The summed E-state index contributed by atoms with van der Waals surface area (Å²) in [5.74, 6) is 0. The third-order valence-electron chi connectivity index (χ3n) is 5.92. The Hall–Kier alpha value is -1.47. The van der Waals surface area contributed by atoms with E-state index in [1.54, 1.807) is 19.9 Å². The second-order valence-electron chi connectivity index (χ2n) is 9.89. The highest BCUT2D eigenvalue weighted by Gasteiger charge is 2.11. The SMILES string of the molecule is Cc1cc(C(F)F)nc(C)c1Br.Cc1cc(C)c(Br)c(C)n1.Cc1cc(C=O)nc(C)c1Br.Cc1cc(CBr)nc(C)c1Br. The number of aromatic nitrogens is 4. The number of hydrogen-bond acceptors (Lipinski definition) is 5. The lowest BCUT2D eigenvalue weighted by atomic mass is 10.2. The molecule has 238 valence electrons. The maximum Gasteiger partial charge on any atom is 0.280 e. The molecule has 12 heteroatoms. The zero-order valence-corrected chi connectivity index (χ0v) is 33.9. The maximum atomic E-state index is 12.2. The number of carbonyl (C=O) groups excluding carboxylic acids is 1. The lowest BCUT2D eigenvalue weighted by Crippen LogP contribution is -1.95. The number of aryl methyl sites for hydroxylation is 9. The van der Waals surface area contributed by atoms with E-state index in [1.165, 1.54) is 17.2 Å². The fourth-order valence-electron chi connectivity index (χ4n) is 3.84. The Morgan fingerprint density at radius 2 is 1.02 bits per heavy atom. The van der Waals surface area contributed by atoms with E-state index in [4.69, 9.17) is 0 Å². The van der Waals surface area contributed by atoms with E-state index < -0.39 is 6.43 Å². The van der Waals surface area contributed by atoms with Gasteiger partial charge in [0.15, 0.2) is 6.29 Å². The normalized spacial score (nSPS) is 10.2. The van der Waals surface area contributed by atoms with Crippen molar-refractivity contribution >= 4 is 85.9 Å². The average Bonchev–Trinajstić information content (AvgIpc) is 2.96. The number of hydrogen-bond donors (Lipinski definition) is 0. The summed E-state index contributed by atoms with van der Waals surface area (Å²) in [5, 5.41) is 0.821.